The average Bonchev–Trinajstić information content (AvgIpc) is 2.44. The Balaban J connectivity index is 3.22. The molecule has 0 amide bonds. The molecule has 0 aromatic heterocycles. The van der Waals surface area contributed by atoms with Crippen molar-refractivity contribution < 1.29 is 24.0 Å². The fourth-order valence-corrected chi connectivity index (χ4v) is 1.83. The lowest BCUT2D eigenvalue weighted by Gasteiger charge is -2.13. The van der Waals surface area contributed by atoms with Crippen LogP contribution in [0.3, 0.4) is 0 Å². The highest BCUT2D eigenvalue weighted by Gasteiger charge is 2.36. The molecule has 0 spiro atoms. The third kappa shape index (κ3) is 5.28. The fraction of sp³-hybridized carbons (Fsp3) is 0.286. The number of hydrogen-bond donors (Lipinski definition) is 0. The quantitative estimate of drug-likeness (QED) is 0.433. The first-order valence-electron chi connectivity index (χ1n) is 6.30. The number of benzene rings is 1. The summed E-state index contributed by atoms with van der Waals surface area (Å²) in [7, 11) is 0. The molecule has 0 heterocycles. The zero-order valence-corrected chi connectivity index (χ0v) is 13.5. The second kappa shape index (κ2) is 8.28. The predicted molar refractivity (Wildman–Crippen MR) is 81.3 cm³/mol. The van der Waals surface area contributed by atoms with Crippen molar-refractivity contribution in [1.82, 2.24) is 0 Å². The molecule has 0 aliphatic heterocycles. The Bertz CT molecular complexity index is 596. The Labute approximate surface area is 135 Å². The van der Waals surface area contributed by atoms with Crippen LogP contribution in [0.5, 0.6) is 0 Å². The number of carbonyl (C=O) groups excluding carboxylic acids is 2. The highest BCUT2D eigenvalue weighted by atomic mass is 79.9. The maximum atomic E-state index is 11.8. The van der Waals surface area contributed by atoms with E-state index in [1.807, 2.05) is 0 Å². The highest BCUT2D eigenvalue weighted by molar-refractivity contribution is 9.10. The summed E-state index contributed by atoms with van der Waals surface area (Å²) >= 11 is 3.25. The van der Waals surface area contributed by atoms with Gasteiger partial charge in [0.05, 0.1) is 11.5 Å². The van der Waals surface area contributed by atoms with Gasteiger partial charge in [-0.15, -0.1) is 0 Å². The Morgan fingerprint density at radius 2 is 1.95 bits per heavy atom. The lowest BCUT2D eigenvalue weighted by Crippen LogP contribution is -2.33. The van der Waals surface area contributed by atoms with Crippen LogP contribution in [-0.4, -0.2) is 29.6 Å². The van der Waals surface area contributed by atoms with Gasteiger partial charge in [0.15, 0.2) is 0 Å². The average molecular weight is 372 g/mol. The van der Waals surface area contributed by atoms with Crippen LogP contribution in [0.25, 0.3) is 6.08 Å². The minimum atomic E-state index is -1.71. The van der Waals surface area contributed by atoms with Gasteiger partial charge in [0.1, 0.15) is 0 Å². The van der Waals surface area contributed by atoms with Gasteiger partial charge in [-0.05, 0) is 24.6 Å². The van der Waals surface area contributed by atoms with E-state index in [9.17, 15) is 19.7 Å². The fourth-order valence-electron chi connectivity index (χ4n) is 1.57. The topological polar surface area (TPSA) is 95.7 Å². The largest absolute Gasteiger partial charge is 0.463 e. The molecule has 0 bridgehead atoms. The number of esters is 2. The Hall–Kier alpha value is -2.22. The van der Waals surface area contributed by atoms with E-state index in [4.69, 9.17) is 9.47 Å². The van der Waals surface area contributed by atoms with E-state index < -0.39 is 28.7 Å². The van der Waals surface area contributed by atoms with E-state index in [-0.39, 0.29) is 6.61 Å². The molecule has 118 valence electrons. The molecule has 0 radical (unpaired) electrons. The molecule has 0 fully saturated rings. The molecule has 1 aromatic carbocycles. The number of hydrogen-bond acceptors (Lipinski definition) is 6. The summed E-state index contributed by atoms with van der Waals surface area (Å²) in [5.41, 5.74) is -0.0904. The minimum Gasteiger partial charge on any atom is -0.463 e. The van der Waals surface area contributed by atoms with Crippen LogP contribution >= 0.6 is 15.9 Å². The highest BCUT2D eigenvalue weighted by Crippen LogP contribution is 2.17. The molecule has 1 unspecified atom stereocenters. The van der Waals surface area contributed by atoms with Crippen molar-refractivity contribution in [1.29, 1.82) is 0 Å². The third-order valence-electron chi connectivity index (χ3n) is 2.45. The van der Waals surface area contributed by atoms with Gasteiger partial charge >= 0.3 is 11.9 Å². The first-order chi connectivity index (χ1) is 10.3. The smallest absolute Gasteiger partial charge is 0.358 e. The van der Waals surface area contributed by atoms with E-state index in [1.165, 1.54) is 0 Å². The van der Waals surface area contributed by atoms with Crippen molar-refractivity contribution in [2.45, 2.75) is 20.0 Å². The van der Waals surface area contributed by atoms with Crippen molar-refractivity contribution in [3.05, 3.63) is 50.1 Å². The predicted octanol–water partition coefficient (Wildman–Crippen LogP) is 2.56. The minimum absolute atomic E-state index is 0.0138. The van der Waals surface area contributed by atoms with Crippen LogP contribution in [0, 0.1) is 10.1 Å². The van der Waals surface area contributed by atoms with Crippen LogP contribution in [-0.2, 0) is 19.1 Å². The van der Waals surface area contributed by atoms with Crippen LogP contribution < -0.4 is 0 Å². The van der Waals surface area contributed by atoms with E-state index >= 15 is 0 Å². The van der Waals surface area contributed by atoms with Crippen LogP contribution in [0.1, 0.15) is 19.4 Å². The zero-order valence-electron chi connectivity index (χ0n) is 11.9. The summed E-state index contributed by atoms with van der Waals surface area (Å²) in [5.74, 6) is -1.81. The maximum Gasteiger partial charge on any atom is 0.358 e. The molecule has 8 heteroatoms. The van der Waals surface area contributed by atoms with Crippen molar-refractivity contribution in [3.63, 3.8) is 0 Å². The number of ether oxygens (including phenoxy) is 2. The monoisotopic (exact) mass is 371 g/mol. The lowest BCUT2D eigenvalue weighted by atomic mass is 10.1. The van der Waals surface area contributed by atoms with Gasteiger partial charge in [-0.2, -0.15) is 0 Å². The number of halogens is 1. The summed E-state index contributed by atoms with van der Waals surface area (Å²) in [6.45, 7) is 2.62. The van der Waals surface area contributed by atoms with E-state index in [0.29, 0.717) is 5.56 Å². The van der Waals surface area contributed by atoms with Crippen molar-refractivity contribution in [3.8, 4) is 0 Å². The molecule has 0 saturated heterocycles. The molecular formula is C14H14BrNO6. The Kier molecular flexibility index (Phi) is 6.71. The molecule has 1 atom stereocenters. The van der Waals surface area contributed by atoms with E-state index in [1.54, 1.807) is 31.2 Å². The molecule has 1 rings (SSSR count). The Morgan fingerprint density at radius 1 is 1.36 bits per heavy atom. The molecule has 1 aromatic rings. The van der Waals surface area contributed by atoms with Gasteiger partial charge in [0.2, 0.25) is 0 Å². The van der Waals surface area contributed by atoms with Crippen LogP contribution in [0.15, 0.2) is 34.4 Å². The SMILES string of the molecule is CCOC(=O)C(OC(C)=O)/C(=C/c1ccc(Br)cc1)[N+](=O)[O-]. The first kappa shape index (κ1) is 17.8. The summed E-state index contributed by atoms with van der Waals surface area (Å²) in [5, 5.41) is 11.2. The van der Waals surface area contributed by atoms with Crippen LogP contribution in [0.2, 0.25) is 0 Å². The zero-order chi connectivity index (χ0) is 16.7. The van der Waals surface area contributed by atoms with Gasteiger partial charge in [-0.25, -0.2) is 4.79 Å². The molecule has 22 heavy (non-hydrogen) atoms. The standard InChI is InChI=1S/C14H14BrNO6/c1-3-21-14(18)13(22-9(2)17)12(16(19)20)8-10-4-6-11(15)7-5-10/h4-8,13H,3H2,1-2H3/b12-8-. The van der Waals surface area contributed by atoms with E-state index in [0.717, 1.165) is 17.5 Å². The van der Waals surface area contributed by atoms with Gasteiger partial charge in [0.25, 0.3) is 11.8 Å². The number of nitrogens with zero attached hydrogens (tertiary/aromatic N) is 1. The summed E-state index contributed by atoms with van der Waals surface area (Å²) < 4.78 is 10.3. The normalized spacial score (nSPS) is 12.4. The summed E-state index contributed by atoms with van der Waals surface area (Å²) in [6.07, 6.45) is -0.548. The number of nitro groups is 1. The number of rotatable bonds is 6. The molecule has 0 aliphatic carbocycles. The van der Waals surface area contributed by atoms with Gasteiger partial charge < -0.3 is 9.47 Å². The maximum absolute atomic E-state index is 11.8. The van der Waals surface area contributed by atoms with Crippen molar-refractivity contribution >= 4 is 33.9 Å². The van der Waals surface area contributed by atoms with Gasteiger partial charge in [-0.1, -0.05) is 28.1 Å². The molecule has 0 N–H and O–H groups in total. The number of carbonyl (C=O) groups is 2. The van der Waals surface area contributed by atoms with Crippen molar-refractivity contribution in [2.24, 2.45) is 0 Å². The van der Waals surface area contributed by atoms with Crippen LogP contribution in [0.4, 0.5) is 0 Å². The second-order valence-corrected chi connectivity index (χ2v) is 5.04. The molecular weight excluding hydrogens is 358 g/mol. The lowest BCUT2D eigenvalue weighted by molar-refractivity contribution is -0.432. The van der Waals surface area contributed by atoms with Crippen molar-refractivity contribution in [2.75, 3.05) is 6.61 Å². The molecule has 0 saturated carbocycles. The third-order valence-corrected chi connectivity index (χ3v) is 2.98. The van der Waals surface area contributed by atoms with Gasteiger partial charge in [0, 0.05) is 17.5 Å². The molecule has 7 nitrogen and oxygen atoms in total. The van der Waals surface area contributed by atoms with E-state index in [2.05, 4.69) is 15.9 Å². The van der Waals surface area contributed by atoms with Gasteiger partial charge in [-0.3, -0.25) is 14.9 Å². The first-order valence-corrected chi connectivity index (χ1v) is 7.09. The second-order valence-electron chi connectivity index (χ2n) is 4.12. The summed E-state index contributed by atoms with van der Waals surface area (Å²) in [4.78, 5) is 33.4. The molecule has 0 aliphatic rings. The Morgan fingerprint density at radius 3 is 2.41 bits per heavy atom. The summed E-state index contributed by atoms with van der Waals surface area (Å²) in [6, 6.07) is 6.61.